The third kappa shape index (κ3) is 2.14. The average Bonchev–Trinajstić information content (AvgIpc) is 2.16. The topological polar surface area (TPSA) is 63.3 Å². The predicted octanol–water partition coefficient (Wildman–Crippen LogP) is 2.37. The zero-order valence-corrected chi connectivity index (χ0v) is 9.42. The van der Waals surface area contributed by atoms with Crippen LogP contribution in [0.2, 0.25) is 0 Å². The summed E-state index contributed by atoms with van der Waals surface area (Å²) in [7, 11) is 0. The van der Waals surface area contributed by atoms with Crippen molar-refractivity contribution in [3.63, 3.8) is 0 Å². The maximum absolute atomic E-state index is 12.5. The number of nitrogens with two attached hydrogens (primary N) is 1. The molecule has 0 aliphatic heterocycles. The molecule has 3 nitrogen and oxygen atoms in total. The highest BCUT2D eigenvalue weighted by atomic mass is 127. The number of hydrogen-bond acceptors (Lipinski definition) is 2. The summed E-state index contributed by atoms with van der Waals surface area (Å²) in [6.45, 7) is -0.623. The fourth-order valence-corrected chi connectivity index (χ4v) is 1.85. The molecule has 0 aromatic heterocycles. The molecule has 1 aromatic rings. The Morgan fingerprint density at radius 3 is 2.57 bits per heavy atom. The Hall–Kier alpha value is -0.850. The number of hydrogen-bond donors (Lipinski definition) is 2. The Morgan fingerprint density at radius 1 is 1.50 bits per heavy atom. The van der Waals surface area contributed by atoms with Crippen molar-refractivity contribution in [2.75, 3.05) is 5.73 Å². The molecule has 0 bridgehead atoms. The van der Waals surface area contributed by atoms with Crippen molar-refractivity contribution >= 4 is 34.2 Å². The van der Waals surface area contributed by atoms with E-state index in [1.165, 1.54) is 12.1 Å². The number of carboxylic acids is 1. The molecule has 3 N–H and O–H groups in total. The van der Waals surface area contributed by atoms with Gasteiger partial charge in [-0.3, -0.25) is 0 Å². The van der Waals surface area contributed by atoms with Gasteiger partial charge < -0.3 is 10.8 Å². The number of benzene rings is 1. The molecular weight excluding hydrogens is 300 g/mol. The second kappa shape index (κ2) is 4.59. The molecule has 0 atom stereocenters. The van der Waals surface area contributed by atoms with Crippen molar-refractivity contribution in [1.29, 1.82) is 0 Å². The maximum Gasteiger partial charge on any atom is 0.337 e. The Kier molecular flexibility index (Phi) is 3.68. The number of anilines is 1. The van der Waals surface area contributed by atoms with Crippen LogP contribution in [0.25, 0.3) is 0 Å². The molecule has 5 heteroatoms. The zero-order chi connectivity index (χ0) is 10.7. The van der Waals surface area contributed by atoms with Gasteiger partial charge in [0.2, 0.25) is 0 Å². The highest BCUT2D eigenvalue weighted by molar-refractivity contribution is 14.1. The largest absolute Gasteiger partial charge is 0.478 e. The van der Waals surface area contributed by atoms with Crippen LogP contribution in [-0.2, 0) is 11.1 Å². The van der Waals surface area contributed by atoms with Gasteiger partial charge in [-0.15, -0.1) is 0 Å². The minimum atomic E-state index is -1.08. The van der Waals surface area contributed by atoms with Gasteiger partial charge in [-0.2, -0.15) is 0 Å². The fourth-order valence-electron chi connectivity index (χ4n) is 1.14. The lowest BCUT2D eigenvalue weighted by molar-refractivity contribution is 0.0698. The Bertz CT molecular complexity index is 368. The number of nitrogen functional groups attached to an aromatic ring is 1. The molecule has 76 valence electrons. The summed E-state index contributed by atoms with van der Waals surface area (Å²) in [5.41, 5.74) is 6.76. The number of carboxylic acid groups (broad SMARTS) is 1. The standard InChI is InChI=1S/C9H9FINO2/c10-3-5-2-8(12)7(9(13)14)1-6(5)4-11/h1-2H,3-4,12H2,(H,13,14). The van der Waals surface area contributed by atoms with Gasteiger partial charge in [-0.25, -0.2) is 9.18 Å². The second-order valence-corrected chi connectivity index (χ2v) is 3.54. The normalized spacial score (nSPS) is 10.1. The predicted molar refractivity (Wildman–Crippen MR) is 60.3 cm³/mol. The van der Waals surface area contributed by atoms with Crippen LogP contribution >= 0.6 is 22.6 Å². The first-order chi connectivity index (χ1) is 6.60. The van der Waals surface area contributed by atoms with Gasteiger partial charge in [0, 0.05) is 10.1 Å². The minimum absolute atomic E-state index is 0.0360. The van der Waals surface area contributed by atoms with Crippen LogP contribution in [0.4, 0.5) is 10.1 Å². The van der Waals surface area contributed by atoms with E-state index in [1.54, 1.807) is 0 Å². The van der Waals surface area contributed by atoms with Crippen LogP contribution in [0, 0.1) is 0 Å². The first kappa shape index (κ1) is 11.2. The van der Waals surface area contributed by atoms with Crippen molar-refractivity contribution < 1.29 is 14.3 Å². The molecule has 1 rings (SSSR count). The summed E-state index contributed by atoms with van der Waals surface area (Å²) in [5.74, 6) is -1.08. The van der Waals surface area contributed by atoms with E-state index in [9.17, 15) is 9.18 Å². The van der Waals surface area contributed by atoms with E-state index in [0.29, 0.717) is 15.6 Å². The van der Waals surface area contributed by atoms with Crippen molar-refractivity contribution in [2.45, 2.75) is 11.1 Å². The average molecular weight is 309 g/mol. The molecule has 14 heavy (non-hydrogen) atoms. The molecule has 0 aliphatic carbocycles. The van der Waals surface area contributed by atoms with Crippen LogP contribution in [0.3, 0.4) is 0 Å². The molecule has 0 saturated heterocycles. The zero-order valence-electron chi connectivity index (χ0n) is 7.26. The summed E-state index contributed by atoms with van der Waals surface area (Å²) in [6, 6.07) is 2.82. The van der Waals surface area contributed by atoms with E-state index >= 15 is 0 Å². The number of carbonyl (C=O) groups is 1. The van der Waals surface area contributed by atoms with Crippen molar-refractivity contribution in [1.82, 2.24) is 0 Å². The van der Waals surface area contributed by atoms with Crippen molar-refractivity contribution in [3.8, 4) is 0 Å². The number of rotatable bonds is 3. The van der Waals surface area contributed by atoms with E-state index < -0.39 is 12.6 Å². The van der Waals surface area contributed by atoms with E-state index in [2.05, 4.69) is 22.6 Å². The lowest BCUT2D eigenvalue weighted by Crippen LogP contribution is -2.05. The molecule has 0 aliphatic rings. The minimum Gasteiger partial charge on any atom is -0.478 e. The van der Waals surface area contributed by atoms with Gasteiger partial charge >= 0.3 is 5.97 Å². The molecule has 0 amide bonds. The van der Waals surface area contributed by atoms with Crippen LogP contribution in [-0.4, -0.2) is 11.1 Å². The highest BCUT2D eigenvalue weighted by Crippen LogP contribution is 2.22. The van der Waals surface area contributed by atoms with Gasteiger partial charge in [-0.1, -0.05) is 22.6 Å². The van der Waals surface area contributed by atoms with Crippen molar-refractivity contribution in [3.05, 3.63) is 28.8 Å². The van der Waals surface area contributed by atoms with Gasteiger partial charge in [0.25, 0.3) is 0 Å². The Balaban J connectivity index is 3.30. The SMILES string of the molecule is Nc1cc(CF)c(CI)cc1C(=O)O. The molecule has 0 unspecified atom stereocenters. The molecule has 0 heterocycles. The molecular formula is C9H9FINO2. The van der Waals surface area contributed by atoms with Crippen LogP contribution < -0.4 is 5.73 Å². The van der Waals surface area contributed by atoms with Crippen LogP contribution in [0.5, 0.6) is 0 Å². The monoisotopic (exact) mass is 309 g/mol. The van der Waals surface area contributed by atoms with E-state index in [1.807, 2.05) is 0 Å². The molecule has 0 radical (unpaired) electrons. The van der Waals surface area contributed by atoms with Crippen LogP contribution in [0.1, 0.15) is 21.5 Å². The summed E-state index contributed by atoms with van der Waals surface area (Å²) in [6.07, 6.45) is 0. The lowest BCUT2D eigenvalue weighted by atomic mass is 10.0. The molecule has 0 spiro atoms. The van der Waals surface area contributed by atoms with Gasteiger partial charge in [0.15, 0.2) is 0 Å². The lowest BCUT2D eigenvalue weighted by Gasteiger charge is -2.07. The summed E-state index contributed by atoms with van der Waals surface area (Å²) >= 11 is 2.05. The third-order valence-corrected chi connectivity index (χ3v) is 2.71. The number of aromatic carboxylic acids is 1. The third-order valence-electron chi connectivity index (χ3n) is 1.89. The number of alkyl halides is 2. The maximum atomic E-state index is 12.5. The van der Waals surface area contributed by atoms with Crippen molar-refractivity contribution in [2.24, 2.45) is 0 Å². The van der Waals surface area contributed by atoms with E-state index in [4.69, 9.17) is 10.8 Å². The van der Waals surface area contributed by atoms with Gasteiger partial charge in [0.05, 0.1) is 5.56 Å². The molecule has 0 fully saturated rings. The smallest absolute Gasteiger partial charge is 0.337 e. The van der Waals surface area contributed by atoms with E-state index in [0.717, 1.165) is 0 Å². The summed E-state index contributed by atoms with van der Waals surface area (Å²) in [4.78, 5) is 10.7. The Morgan fingerprint density at radius 2 is 2.14 bits per heavy atom. The van der Waals surface area contributed by atoms with Crippen LogP contribution in [0.15, 0.2) is 12.1 Å². The first-order valence-electron chi connectivity index (χ1n) is 3.86. The molecule has 0 saturated carbocycles. The van der Waals surface area contributed by atoms with Gasteiger partial charge in [0.1, 0.15) is 6.67 Å². The van der Waals surface area contributed by atoms with Gasteiger partial charge in [-0.05, 0) is 23.3 Å². The highest BCUT2D eigenvalue weighted by Gasteiger charge is 2.12. The Labute approximate surface area is 94.2 Å². The fraction of sp³-hybridized carbons (Fsp3) is 0.222. The summed E-state index contributed by atoms with van der Waals surface area (Å²) < 4.78 is 13.0. The number of halogens is 2. The quantitative estimate of drug-likeness (QED) is 0.512. The second-order valence-electron chi connectivity index (χ2n) is 2.78. The summed E-state index contributed by atoms with van der Waals surface area (Å²) in [5, 5.41) is 8.77. The molecule has 1 aromatic carbocycles. The van der Waals surface area contributed by atoms with E-state index in [-0.39, 0.29) is 11.3 Å². The first-order valence-corrected chi connectivity index (χ1v) is 5.39.